The minimum atomic E-state index is -1.10. The van der Waals surface area contributed by atoms with Crippen LogP contribution in [0.3, 0.4) is 0 Å². The van der Waals surface area contributed by atoms with Crippen LogP contribution in [-0.4, -0.2) is 21.0 Å². The molecule has 0 radical (unpaired) electrons. The zero-order chi connectivity index (χ0) is 12.4. The van der Waals surface area contributed by atoms with E-state index in [0.717, 1.165) is 0 Å². The van der Waals surface area contributed by atoms with Crippen molar-refractivity contribution in [1.29, 1.82) is 0 Å². The molecule has 0 unspecified atom stereocenters. The maximum absolute atomic E-state index is 10.8. The second-order valence-electron chi connectivity index (χ2n) is 3.22. The number of carbonyl (C=O) groups is 1. The van der Waals surface area contributed by atoms with E-state index in [0.29, 0.717) is 21.3 Å². The van der Waals surface area contributed by atoms with Crippen LogP contribution in [0.1, 0.15) is 11.9 Å². The van der Waals surface area contributed by atoms with Crippen LogP contribution in [0.2, 0.25) is 10.0 Å². The number of carboxylic acid groups (broad SMARTS) is 1. The fourth-order valence-electron chi connectivity index (χ4n) is 1.29. The maximum Gasteiger partial charge on any atom is 1.00 e. The van der Waals surface area contributed by atoms with Crippen LogP contribution in [0.15, 0.2) is 30.6 Å². The van der Waals surface area contributed by atoms with E-state index in [1.165, 1.54) is 12.4 Å². The molecule has 0 saturated heterocycles. The van der Waals surface area contributed by atoms with Crippen molar-refractivity contribution in [3.05, 3.63) is 46.3 Å². The predicted octanol–water partition coefficient (Wildman–Crippen LogP) is 0.265. The van der Waals surface area contributed by atoms with Crippen LogP contribution in [0.5, 0.6) is 0 Å². The van der Waals surface area contributed by atoms with Crippen molar-refractivity contribution in [3.8, 4) is 11.3 Å². The quantitative estimate of drug-likeness (QED) is 0.807. The Morgan fingerprint density at radius 2 is 1.89 bits per heavy atom. The van der Waals surface area contributed by atoms with E-state index in [2.05, 4.69) is 9.97 Å². The van der Waals surface area contributed by atoms with Gasteiger partial charge in [-0.25, -0.2) is 14.8 Å². The van der Waals surface area contributed by atoms with Crippen molar-refractivity contribution in [2.75, 3.05) is 0 Å². The van der Waals surface area contributed by atoms with Gasteiger partial charge in [0.25, 0.3) is 0 Å². The van der Waals surface area contributed by atoms with Crippen LogP contribution in [0.25, 0.3) is 11.3 Å². The minimum absolute atomic E-state index is 0. The summed E-state index contributed by atoms with van der Waals surface area (Å²) in [6.45, 7) is 0. The summed E-state index contributed by atoms with van der Waals surface area (Å²) < 4.78 is 0. The number of aromatic carboxylic acids is 1. The molecule has 0 aliphatic carbocycles. The third kappa shape index (κ3) is 3.43. The van der Waals surface area contributed by atoms with Gasteiger partial charge in [0.2, 0.25) is 0 Å². The van der Waals surface area contributed by atoms with Crippen molar-refractivity contribution in [2.45, 2.75) is 0 Å². The molecule has 4 nitrogen and oxygen atoms in total. The smallest absolute Gasteiger partial charge is 1.00 e. The molecule has 1 N–H and O–H groups in total. The van der Waals surface area contributed by atoms with Gasteiger partial charge < -0.3 is 6.53 Å². The second kappa shape index (κ2) is 6.50. The Hall–Kier alpha value is -0.650. The number of nitrogens with zero attached hydrogens (tertiary/aromatic N) is 2. The molecule has 7 heteroatoms. The van der Waals surface area contributed by atoms with E-state index in [1.54, 1.807) is 18.2 Å². The molecule has 0 saturated carbocycles. The summed E-state index contributed by atoms with van der Waals surface area (Å²) in [4.78, 5) is 18.4. The molecule has 2 aromatic rings. The monoisotopic (exact) mass is 292 g/mol. The predicted molar refractivity (Wildman–Crippen MR) is 65.6 cm³/mol. The van der Waals surface area contributed by atoms with Gasteiger partial charge in [0, 0.05) is 5.56 Å². The first-order valence-electron chi connectivity index (χ1n) is 4.58. The topological polar surface area (TPSA) is 63.1 Å². The molecule has 0 fully saturated rings. The van der Waals surface area contributed by atoms with Gasteiger partial charge in [-0.2, -0.15) is 0 Å². The van der Waals surface area contributed by atoms with Gasteiger partial charge in [0.05, 0.1) is 15.7 Å². The molecule has 0 amide bonds. The number of rotatable bonds is 2. The van der Waals surface area contributed by atoms with Crippen molar-refractivity contribution in [2.24, 2.45) is 0 Å². The Morgan fingerprint density at radius 1 is 1.17 bits per heavy atom. The van der Waals surface area contributed by atoms with Gasteiger partial charge in [0.1, 0.15) is 6.33 Å². The number of hydrogen-bond donors (Lipinski definition) is 1. The van der Waals surface area contributed by atoms with Crippen LogP contribution in [0.4, 0.5) is 0 Å². The van der Waals surface area contributed by atoms with E-state index in [4.69, 9.17) is 28.3 Å². The molecule has 1 aromatic carbocycles. The summed E-state index contributed by atoms with van der Waals surface area (Å²) >= 11 is 11.7. The SMILES string of the molecule is O=C(O)c1cc(-c2ccc(Cl)c(Cl)c2)ncn1.[H-].[Na+]. The molecule has 0 bridgehead atoms. The molecule has 88 valence electrons. The molecule has 2 rings (SSSR count). The summed E-state index contributed by atoms with van der Waals surface area (Å²) in [5.74, 6) is -1.10. The largest absolute Gasteiger partial charge is 1.00 e. The Labute approximate surface area is 137 Å². The number of benzene rings is 1. The van der Waals surface area contributed by atoms with E-state index in [1.807, 2.05) is 0 Å². The Balaban J connectivity index is 0.00000162. The number of aromatic nitrogens is 2. The van der Waals surface area contributed by atoms with E-state index in [-0.39, 0.29) is 36.7 Å². The Kier molecular flexibility index (Phi) is 5.56. The molecule has 0 spiro atoms. The average molecular weight is 293 g/mol. The molecule has 18 heavy (non-hydrogen) atoms. The van der Waals surface area contributed by atoms with Gasteiger partial charge in [-0.1, -0.05) is 29.3 Å². The Bertz CT molecular complexity index is 599. The molecule has 1 heterocycles. The molecular weight excluding hydrogens is 286 g/mol. The van der Waals surface area contributed by atoms with Crippen LogP contribution in [0, 0.1) is 0 Å². The van der Waals surface area contributed by atoms with Crippen molar-refractivity contribution in [1.82, 2.24) is 9.97 Å². The third-order valence-corrected chi connectivity index (χ3v) is 2.84. The van der Waals surface area contributed by atoms with Crippen LogP contribution in [-0.2, 0) is 0 Å². The molecule has 0 aliphatic rings. The molecule has 0 aliphatic heterocycles. The Morgan fingerprint density at radius 3 is 2.50 bits per heavy atom. The van der Waals surface area contributed by atoms with Crippen LogP contribution < -0.4 is 29.6 Å². The molecule has 0 atom stereocenters. The van der Waals surface area contributed by atoms with Gasteiger partial charge in [-0.05, 0) is 18.2 Å². The van der Waals surface area contributed by atoms with Gasteiger partial charge >= 0.3 is 35.5 Å². The third-order valence-electron chi connectivity index (χ3n) is 2.10. The first-order chi connectivity index (χ1) is 8.08. The van der Waals surface area contributed by atoms with E-state index < -0.39 is 5.97 Å². The summed E-state index contributed by atoms with van der Waals surface area (Å²) in [5.41, 5.74) is 1.10. The van der Waals surface area contributed by atoms with Crippen molar-refractivity contribution >= 4 is 29.2 Å². The molecular formula is C11H7Cl2N2NaO2. The normalized spacial score (nSPS) is 9.67. The summed E-state index contributed by atoms with van der Waals surface area (Å²) in [6, 6.07) is 6.34. The summed E-state index contributed by atoms with van der Waals surface area (Å²) in [6.07, 6.45) is 1.20. The van der Waals surface area contributed by atoms with Crippen molar-refractivity contribution in [3.63, 3.8) is 0 Å². The van der Waals surface area contributed by atoms with Gasteiger partial charge in [0.15, 0.2) is 5.69 Å². The standard InChI is InChI=1S/C11H6Cl2N2O2.Na.H/c12-7-2-1-6(3-8(7)13)9-4-10(11(16)17)15-5-14-9;;/h1-5H,(H,16,17);;/q;+1;-1. The summed E-state index contributed by atoms with van der Waals surface area (Å²) in [7, 11) is 0. The zero-order valence-electron chi connectivity index (χ0n) is 10.4. The minimum Gasteiger partial charge on any atom is -1.00 e. The second-order valence-corrected chi connectivity index (χ2v) is 4.04. The van der Waals surface area contributed by atoms with Gasteiger partial charge in [-0.15, -0.1) is 0 Å². The number of halogens is 2. The van der Waals surface area contributed by atoms with Crippen LogP contribution >= 0.6 is 23.2 Å². The zero-order valence-corrected chi connectivity index (χ0v) is 12.9. The first kappa shape index (κ1) is 15.4. The van der Waals surface area contributed by atoms with E-state index >= 15 is 0 Å². The van der Waals surface area contributed by atoms with Crippen molar-refractivity contribution < 1.29 is 40.9 Å². The summed E-state index contributed by atoms with van der Waals surface area (Å²) in [5, 5.41) is 9.64. The fourth-order valence-corrected chi connectivity index (χ4v) is 1.59. The fraction of sp³-hybridized carbons (Fsp3) is 0. The van der Waals surface area contributed by atoms with E-state index in [9.17, 15) is 4.79 Å². The average Bonchev–Trinajstić information content (AvgIpc) is 2.33. The number of carboxylic acids is 1. The first-order valence-corrected chi connectivity index (χ1v) is 5.34. The maximum atomic E-state index is 10.8. The van der Waals surface area contributed by atoms with Gasteiger partial charge in [-0.3, -0.25) is 0 Å². The number of hydrogen-bond acceptors (Lipinski definition) is 3. The molecule has 1 aromatic heterocycles.